The molecule has 2 aromatic carbocycles. The van der Waals surface area contributed by atoms with E-state index >= 15 is 0 Å². The van der Waals surface area contributed by atoms with Crippen molar-refractivity contribution in [3.05, 3.63) is 118 Å². The van der Waals surface area contributed by atoms with Crippen LogP contribution in [0.15, 0.2) is 96.1 Å². The molecule has 2 aliphatic carbocycles. The molecule has 178 valence electrons. The quantitative estimate of drug-likeness (QED) is 0.316. The van der Waals surface area contributed by atoms with Gasteiger partial charge < -0.3 is 0 Å². The van der Waals surface area contributed by atoms with E-state index in [9.17, 15) is 0 Å². The van der Waals surface area contributed by atoms with Gasteiger partial charge in [-0.1, -0.05) is 111 Å². The van der Waals surface area contributed by atoms with Crippen molar-refractivity contribution in [2.75, 3.05) is 0 Å². The van der Waals surface area contributed by atoms with E-state index in [1.807, 2.05) is 0 Å². The molecule has 0 saturated carbocycles. The predicted octanol–water partition coefficient (Wildman–Crippen LogP) is 9.33. The van der Waals surface area contributed by atoms with E-state index in [1.165, 1.54) is 41.5 Å². The van der Waals surface area contributed by atoms with Gasteiger partial charge in [0.1, 0.15) is 0 Å². The van der Waals surface area contributed by atoms with E-state index in [0.717, 1.165) is 38.0 Å². The molecule has 0 heterocycles. The summed E-state index contributed by atoms with van der Waals surface area (Å²) in [5.41, 5.74) is 11.9. The maximum Gasteiger partial charge on any atom is -0.00669 e. The fourth-order valence-corrected chi connectivity index (χ4v) is 5.99. The third kappa shape index (κ3) is 5.90. The SMILES string of the molecule is C=C(Cc1ccc2c(c1)CC2C)CC(C)C1=C(/C=C\CC)CC(C(=C)Cc2ccccc2)CC1. The Hall–Kier alpha value is -2.60. The van der Waals surface area contributed by atoms with Crippen molar-refractivity contribution in [1.29, 1.82) is 0 Å². The summed E-state index contributed by atoms with van der Waals surface area (Å²) in [5, 5.41) is 0. The number of hydrogen-bond donors (Lipinski definition) is 0. The molecule has 2 aromatic rings. The molecule has 2 aliphatic rings. The second-order valence-corrected chi connectivity index (χ2v) is 10.8. The van der Waals surface area contributed by atoms with Gasteiger partial charge in [-0.25, -0.2) is 0 Å². The van der Waals surface area contributed by atoms with Gasteiger partial charge in [-0.15, -0.1) is 0 Å². The number of fused-ring (bicyclic) bond motifs is 1. The Labute approximate surface area is 208 Å². The van der Waals surface area contributed by atoms with Crippen LogP contribution in [0.5, 0.6) is 0 Å². The summed E-state index contributed by atoms with van der Waals surface area (Å²) < 4.78 is 0. The van der Waals surface area contributed by atoms with Crippen LogP contribution in [0.3, 0.4) is 0 Å². The van der Waals surface area contributed by atoms with Crippen LogP contribution in [0.4, 0.5) is 0 Å². The van der Waals surface area contributed by atoms with Crippen molar-refractivity contribution < 1.29 is 0 Å². The number of rotatable bonds is 10. The fraction of sp³-hybridized carbons (Fsp3) is 0.412. The lowest BCUT2D eigenvalue weighted by atomic mass is 9.74. The summed E-state index contributed by atoms with van der Waals surface area (Å²) in [6.07, 6.45) is 13.7. The van der Waals surface area contributed by atoms with Crippen molar-refractivity contribution in [3.8, 4) is 0 Å². The molecule has 3 unspecified atom stereocenters. The van der Waals surface area contributed by atoms with Gasteiger partial charge in [0.15, 0.2) is 0 Å². The molecule has 0 saturated heterocycles. The molecule has 0 aromatic heterocycles. The average Bonchev–Trinajstić information content (AvgIpc) is 2.82. The van der Waals surface area contributed by atoms with Gasteiger partial charge in [-0.2, -0.15) is 0 Å². The Morgan fingerprint density at radius 2 is 1.82 bits per heavy atom. The molecule has 0 amide bonds. The van der Waals surface area contributed by atoms with Gasteiger partial charge in [0, 0.05) is 0 Å². The molecule has 0 spiro atoms. The van der Waals surface area contributed by atoms with Crippen LogP contribution in [-0.2, 0) is 19.3 Å². The zero-order valence-corrected chi connectivity index (χ0v) is 21.6. The molecule has 34 heavy (non-hydrogen) atoms. The monoisotopic (exact) mass is 450 g/mol. The molecule has 0 bridgehead atoms. The van der Waals surface area contributed by atoms with E-state index in [0.29, 0.717) is 11.8 Å². The minimum atomic E-state index is 0.555. The van der Waals surface area contributed by atoms with Crippen molar-refractivity contribution in [2.45, 2.75) is 78.1 Å². The number of hydrogen-bond acceptors (Lipinski definition) is 0. The molecule has 0 nitrogen and oxygen atoms in total. The van der Waals surface area contributed by atoms with Crippen LogP contribution < -0.4 is 0 Å². The first-order valence-corrected chi connectivity index (χ1v) is 13.3. The molecule has 0 fully saturated rings. The van der Waals surface area contributed by atoms with Crippen LogP contribution in [0.2, 0.25) is 0 Å². The fourth-order valence-electron chi connectivity index (χ4n) is 5.99. The molecule has 0 heteroatoms. The summed E-state index contributed by atoms with van der Waals surface area (Å²) >= 11 is 0. The van der Waals surface area contributed by atoms with E-state index in [-0.39, 0.29) is 0 Å². The van der Waals surface area contributed by atoms with Crippen LogP contribution in [0, 0.1) is 11.8 Å². The highest BCUT2D eigenvalue weighted by molar-refractivity contribution is 5.43. The molecular formula is C34H42. The van der Waals surface area contributed by atoms with Crippen LogP contribution in [-0.4, -0.2) is 0 Å². The molecule has 3 atom stereocenters. The normalized spacial score (nSPS) is 20.7. The highest BCUT2D eigenvalue weighted by Crippen LogP contribution is 2.40. The molecule has 4 rings (SSSR count). The molecular weight excluding hydrogens is 408 g/mol. The van der Waals surface area contributed by atoms with Gasteiger partial charge in [-0.05, 0) is 96.9 Å². The van der Waals surface area contributed by atoms with Gasteiger partial charge in [0.2, 0.25) is 0 Å². The number of allylic oxidation sites excluding steroid dienone is 6. The Kier molecular flexibility index (Phi) is 8.09. The van der Waals surface area contributed by atoms with Crippen molar-refractivity contribution >= 4 is 0 Å². The van der Waals surface area contributed by atoms with Crippen molar-refractivity contribution in [3.63, 3.8) is 0 Å². The van der Waals surface area contributed by atoms with E-state index in [2.05, 4.69) is 94.6 Å². The Balaban J connectivity index is 1.40. The lowest BCUT2D eigenvalue weighted by molar-refractivity contribution is 0.481. The molecule has 0 aliphatic heterocycles. The smallest absolute Gasteiger partial charge is 0.00669 e. The summed E-state index contributed by atoms with van der Waals surface area (Å²) in [7, 11) is 0. The molecule has 0 N–H and O–H groups in total. The van der Waals surface area contributed by atoms with Gasteiger partial charge >= 0.3 is 0 Å². The summed E-state index contributed by atoms with van der Waals surface area (Å²) in [6, 6.07) is 17.9. The first-order valence-electron chi connectivity index (χ1n) is 13.3. The summed E-state index contributed by atoms with van der Waals surface area (Å²) in [6.45, 7) is 16.0. The first-order chi connectivity index (χ1) is 16.4. The lowest BCUT2D eigenvalue weighted by Crippen LogP contribution is -2.17. The zero-order valence-electron chi connectivity index (χ0n) is 21.6. The first kappa shape index (κ1) is 24.5. The van der Waals surface area contributed by atoms with Gasteiger partial charge in [0.05, 0.1) is 0 Å². The highest BCUT2D eigenvalue weighted by Gasteiger charge is 2.25. The highest BCUT2D eigenvalue weighted by atomic mass is 14.3. The van der Waals surface area contributed by atoms with E-state index < -0.39 is 0 Å². The lowest BCUT2D eigenvalue weighted by Gasteiger charge is -2.31. The largest absolute Gasteiger partial charge is 0.0995 e. The summed E-state index contributed by atoms with van der Waals surface area (Å²) in [4.78, 5) is 0. The maximum absolute atomic E-state index is 4.52. The topological polar surface area (TPSA) is 0 Å². The second kappa shape index (κ2) is 11.2. The predicted molar refractivity (Wildman–Crippen MR) is 148 cm³/mol. The van der Waals surface area contributed by atoms with E-state index in [4.69, 9.17) is 0 Å². The standard InChI is InChI=1S/C34H42/c1-6-7-13-31-23-30(25(3)20-28-11-9-8-10-12-28)15-17-33(31)26(4)18-24(2)19-29-14-16-34-27(5)21-32(34)22-29/h7-14,16,22,26-27,30H,2-3,6,15,17-21,23H2,1,4-5H3/b13-7-. The summed E-state index contributed by atoms with van der Waals surface area (Å²) in [5.74, 6) is 1.88. The second-order valence-electron chi connectivity index (χ2n) is 10.8. The molecule has 0 radical (unpaired) electrons. The Morgan fingerprint density at radius 3 is 2.53 bits per heavy atom. The third-order valence-electron chi connectivity index (χ3n) is 7.96. The minimum absolute atomic E-state index is 0.555. The van der Waals surface area contributed by atoms with Gasteiger partial charge in [-0.3, -0.25) is 0 Å². The maximum atomic E-state index is 4.52. The van der Waals surface area contributed by atoms with E-state index in [1.54, 1.807) is 22.3 Å². The third-order valence-corrected chi connectivity index (χ3v) is 7.96. The Morgan fingerprint density at radius 1 is 1.03 bits per heavy atom. The average molecular weight is 451 g/mol. The van der Waals surface area contributed by atoms with Crippen LogP contribution in [0.1, 0.15) is 81.0 Å². The van der Waals surface area contributed by atoms with Crippen LogP contribution >= 0.6 is 0 Å². The van der Waals surface area contributed by atoms with Crippen molar-refractivity contribution in [2.24, 2.45) is 11.8 Å². The van der Waals surface area contributed by atoms with Crippen molar-refractivity contribution in [1.82, 2.24) is 0 Å². The Bertz CT molecular complexity index is 1080. The number of benzene rings is 2. The van der Waals surface area contributed by atoms with Crippen LogP contribution in [0.25, 0.3) is 0 Å². The van der Waals surface area contributed by atoms with Gasteiger partial charge in [0.25, 0.3) is 0 Å². The minimum Gasteiger partial charge on any atom is -0.0995 e. The zero-order chi connectivity index (χ0) is 24.1.